The first-order valence-electron chi connectivity index (χ1n) is 12.2. The third-order valence-electron chi connectivity index (χ3n) is 5.70. The Morgan fingerprint density at radius 3 is 2.53 bits per heavy atom. The molecule has 1 fully saturated rings. The number of allylic oxidation sites excluding steroid dienone is 1. The number of rotatable bonds is 16. The monoisotopic (exact) mass is 445 g/mol. The molecule has 1 aliphatic heterocycles. The lowest BCUT2D eigenvalue weighted by Crippen LogP contribution is -2.50. The van der Waals surface area contributed by atoms with Crippen molar-refractivity contribution in [3.8, 4) is 0 Å². The Morgan fingerprint density at radius 1 is 1.09 bits per heavy atom. The van der Waals surface area contributed by atoms with Gasteiger partial charge in [-0.15, -0.1) is 0 Å². The van der Waals surface area contributed by atoms with Gasteiger partial charge in [0.1, 0.15) is 0 Å². The SMILES string of the molecule is CCCCCCCCC=Cc1ccc(C(=O)C2(ONCCCC(=O)O)CCCCO2)cc1. The Kier molecular flexibility index (Phi) is 12.2. The third kappa shape index (κ3) is 9.23. The number of unbranched alkanes of at least 4 members (excludes halogenated alkanes) is 6. The molecule has 1 unspecified atom stereocenters. The highest BCUT2D eigenvalue weighted by atomic mass is 16.8. The van der Waals surface area contributed by atoms with Gasteiger partial charge >= 0.3 is 5.97 Å². The molecule has 0 radical (unpaired) electrons. The van der Waals surface area contributed by atoms with Crippen LogP contribution >= 0.6 is 0 Å². The molecule has 1 aliphatic rings. The van der Waals surface area contributed by atoms with Gasteiger partial charge in [0.25, 0.3) is 5.79 Å². The van der Waals surface area contributed by atoms with Gasteiger partial charge in [-0.25, -0.2) is 0 Å². The van der Waals surface area contributed by atoms with Crippen molar-refractivity contribution >= 4 is 17.8 Å². The molecule has 1 heterocycles. The van der Waals surface area contributed by atoms with Crippen LogP contribution in [0.2, 0.25) is 0 Å². The van der Waals surface area contributed by atoms with Crippen molar-refractivity contribution in [2.45, 2.75) is 89.8 Å². The number of nitrogens with one attached hydrogen (secondary N) is 1. The zero-order valence-corrected chi connectivity index (χ0v) is 19.4. The minimum absolute atomic E-state index is 0.0476. The molecular weight excluding hydrogens is 406 g/mol. The Bertz CT molecular complexity index is 707. The molecule has 0 bridgehead atoms. The number of hydrogen-bond acceptors (Lipinski definition) is 5. The second kappa shape index (κ2) is 14.9. The van der Waals surface area contributed by atoms with E-state index in [1.807, 2.05) is 24.3 Å². The molecule has 32 heavy (non-hydrogen) atoms. The van der Waals surface area contributed by atoms with Crippen LogP contribution in [-0.4, -0.2) is 35.8 Å². The average molecular weight is 446 g/mol. The summed E-state index contributed by atoms with van der Waals surface area (Å²) in [4.78, 5) is 29.5. The Morgan fingerprint density at radius 2 is 1.84 bits per heavy atom. The van der Waals surface area contributed by atoms with E-state index in [2.05, 4.69) is 24.6 Å². The Labute approximate surface area is 192 Å². The van der Waals surface area contributed by atoms with E-state index in [0.717, 1.165) is 24.8 Å². The third-order valence-corrected chi connectivity index (χ3v) is 5.70. The molecule has 178 valence electrons. The van der Waals surface area contributed by atoms with Gasteiger partial charge in [0.05, 0.1) is 6.61 Å². The maximum atomic E-state index is 13.2. The molecule has 1 aromatic rings. The predicted octanol–water partition coefficient (Wildman–Crippen LogP) is 5.92. The van der Waals surface area contributed by atoms with Crippen molar-refractivity contribution in [3.63, 3.8) is 0 Å². The summed E-state index contributed by atoms with van der Waals surface area (Å²) in [6, 6.07) is 7.53. The summed E-state index contributed by atoms with van der Waals surface area (Å²) in [5, 5.41) is 8.74. The lowest BCUT2D eigenvalue weighted by atomic mass is 9.95. The second-order valence-electron chi connectivity index (χ2n) is 8.46. The van der Waals surface area contributed by atoms with Gasteiger partial charge in [0.2, 0.25) is 5.78 Å². The number of carbonyl (C=O) groups excluding carboxylic acids is 1. The summed E-state index contributed by atoms with van der Waals surface area (Å²) in [5.74, 6) is -2.41. The lowest BCUT2D eigenvalue weighted by Gasteiger charge is -2.35. The van der Waals surface area contributed by atoms with Gasteiger partial charge in [-0.05, 0) is 37.7 Å². The molecule has 2 N–H and O–H groups in total. The number of aliphatic carboxylic acids is 1. The van der Waals surface area contributed by atoms with E-state index in [1.54, 1.807) is 0 Å². The summed E-state index contributed by atoms with van der Waals surface area (Å²) in [6.07, 6.45) is 15.8. The largest absolute Gasteiger partial charge is 0.481 e. The first-order valence-corrected chi connectivity index (χ1v) is 12.2. The number of Topliss-reactive ketones (excluding diaryl/α,β-unsaturated/α-hetero) is 1. The number of carbonyl (C=O) groups is 2. The van der Waals surface area contributed by atoms with Crippen LogP contribution < -0.4 is 5.48 Å². The smallest absolute Gasteiger partial charge is 0.303 e. The number of hydroxylamine groups is 1. The first kappa shape index (κ1) is 26.2. The van der Waals surface area contributed by atoms with Crippen molar-refractivity contribution < 1.29 is 24.3 Å². The molecule has 6 heteroatoms. The van der Waals surface area contributed by atoms with E-state index in [1.165, 1.54) is 38.5 Å². The van der Waals surface area contributed by atoms with Gasteiger partial charge in [-0.2, -0.15) is 5.48 Å². The molecule has 0 spiro atoms. The fourth-order valence-electron chi connectivity index (χ4n) is 3.78. The average Bonchev–Trinajstić information content (AvgIpc) is 2.81. The first-order chi connectivity index (χ1) is 15.6. The van der Waals surface area contributed by atoms with Crippen LogP contribution in [0.25, 0.3) is 6.08 Å². The highest BCUT2D eigenvalue weighted by molar-refractivity contribution is 6.01. The van der Waals surface area contributed by atoms with Crippen LogP contribution in [0.1, 0.15) is 99.9 Å². The number of carboxylic acids is 1. The minimum Gasteiger partial charge on any atom is -0.481 e. The molecule has 0 aromatic heterocycles. The Hall–Kier alpha value is -2.02. The van der Waals surface area contributed by atoms with Crippen LogP contribution in [0.3, 0.4) is 0 Å². The van der Waals surface area contributed by atoms with E-state index >= 15 is 0 Å². The zero-order valence-electron chi connectivity index (χ0n) is 19.4. The highest BCUT2D eigenvalue weighted by Crippen LogP contribution is 2.29. The van der Waals surface area contributed by atoms with Crippen molar-refractivity contribution in [1.29, 1.82) is 0 Å². The zero-order chi connectivity index (χ0) is 23.1. The standard InChI is InChI=1S/C26H39NO5/c1-2-3-4-5-6-7-8-9-13-22-15-17-23(18-16-22)25(30)26(19-10-11-21-31-26)32-27-20-12-14-24(28)29/h9,13,15-18,27H,2-8,10-12,14,19-21H2,1H3,(H,28,29). The van der Waals surface area contributed by atoms with Crippen LogP contribution in [0.4, 0.5) is 0 Å². The summed E-state index contributed by atoms with van der Waals surface area (Å²) in [5.41, 5.74) is 4.37. The molecular formula is C26H39NO5. The van der Waals surface area contributed by atoms with E-state index in [9.17, 15) is 9.59 Å². The van der Waals surface area contributed by atoms with Crippen molar-refractivity contribution in [1.82, 2.24) is 5.48 Å². The maximum absolute atomic E-state index is 13.2. The molecule has 6 nitrogen and oxygen atoms in total. The summed E-state index contributed by atoms with van der Waals surface area (Å²) in [7, 11) is 0. The Balaban J connectivity index is 1.86. The van der Waals surface area contributed by atoms with Crippen LogP contribution in [-0.2, 0) is 14.4 Å². The molecule has 0 aliphatic carbocycles. The topological polar surface area (TPSA) is 84.9 Å². The summed E-state index contributed by atoms with van der Waals surface area (Å²) >= 11 is 0. The normalized spacial score (nSPS) is 18.8. The molecule has 0 saturated carbocycles. The summed E-state index contributed by atoms with van der Waals surface area (Å²) in [6.45, 7) is 3.04. The van der Waals surface area contributed by atoms with E-state index in [4.69, 9.17) is 14.7 Å². The minimum atomic E-state index is -1.35. The fraction of sp³-hybridized carbons (Fsp3) is 0.615. The molecule has 1 aromatic carbocycles. The van der Waals surface area contributed by atoms with Gasteiger partial charge < -0.3 is 9.84 Å². The number of hydrogen-bond donors (Lipinski definition) is 2. The van der Waals surface area contributed by atoms with E-state index in [0.29, 0.717) is 31.6 Å². The van der Waals surface area contributed by atoms with Crippen molar-refractivity contribution in [2.24, 2.45) is 0 Å². The molecule has 1 atom stereocenters. The lowest BCUT2D eigenvalue weighted by molar-refractivity contribution is -0.249. The van der Waals surface area contributed by atoms with Crippen LogP contribution in [0, 0.1) is 0 Å². The number of ether oxygens (including phenoxy) is 1. The van der Waals surface area contributed by atoms with Gasteiger partial charge in [0, 0.05) is 24.9 Å². The van der Waals surface area contributed by atoms with Crippen molar-refractivity contribution in [3.05, 3.63) is 41.5 Å². The van der Waals surface area contributed by atoms with Gasteiger partial charge in [-0.1, -0.05) is 75.4 Å². The van der Waals surface area contributed by atoms with Crippen LogP contribution in [0.15, 0.2) is 30.3 Å². The number of carboxylic acid groups (broad SMARTS) is 1. The number of benzene rings is 1. The molecule has 0 amide bonds. The van der Waals surface area contributed by atoms with Gasteiger partial charge in [-0.3, -0.25) is 14.4 Å². The predicted molar refractivity (Wildman–Crippen MR) is 126 cm³/mol. The van der Waals surface area contributed by atoms with Crippen molar-refractivity contribution in [2.75, 3.05) is 13.2 Å². The van der Waals surface area contributed by atoms with E-state index < -0.39 is 11.8 Å². The quantitative estimate of drug-likeness (QED) is 0.187. The number of ketones is 1. The fourth-order valence-corrected chi connectivity index (χ4v) is 3.78. The molecule has 2 rings (SSSR count). The highest BCUT2D eigenvalue weighted by Gasteiger charge is 2.43. The van der Waals surface area contributed by atoms with Gasteiger partial charge in [0.15, 0.2) is 0 Å². The van der Waals surface area contributed by atoms with E-state index in [-0.39, 0.29) is 12.2 Å². The summed E-state index contributed by atoms with van der Waals surface area (Å²) < 4.78 is 5.80. The molecule has 1 saturated heterocycles. The van der Waals surface area contributed by atoms with Crippen LogP contribution in [0.5, 0.6) is 0 Å². The maximum Gasteiger partial charge on any atom is 0.303 e. The second-order valence-corrected chi connectivity index (χ2v) is 8.46.